The minimum absolute atomic E-state index is 0.241. The molecule has 0 aliphatic heterocycles. The Morgan fingerprint density at radius 2 is 2.21 bits per heavy atom. The highest BCUT2D eigenvalue weighted by Crippen LogP contribution is 2.24. The lowest BCUT2D eigenvalue weighted by Gasteiger charge is -2.20. The maximum absolute atomic E-state index is 6.13. The number of benzene rings is 1. The third-order valence-electron chi connectivity index (χ3n) is 3.37. The molecule has 0 bridgehead atoms. The molecule has 1 N–H and O–H groups in total. The van der Waals surface area contributed by atoms with Crippen molar-refractivity contribution >= 4 is 11.6 Å². The standard InChI is InChI=1S/C15H20ClN3/c1-4-17-14(10-15-18-7-8-19(15)3)13-9-12(16)6-5-11(13)2/h5-9,14,17H,4,10H2,1-3H3. The molecule has 3 nitrogen and oxygen atoms in total. The van der Waals surface area contributed by atoms with E-state index in [9.17, 15) is 0 Å². The van der Waals surface area contributed by atoms with Gasteiger partial charge in [-0.3, -0.25) is 0 Å². The van der Waals surface area contributed by atoms with Crippen molar-refractivity contribution in [1.29, 1.82) is 0 Å². The first-order chi connectivity index (χ1) is 9.11. The van der Waals surface area contributed by atoms with Crippen molar-refractivity contribution in [3.05, 3.63) is 52.6 Å². The van der Waals surface area contributed by atoms with Crippen molar-refractivity contribution in [2.45, 2.75) is 26.3 Å². The van der Waals surface area contributed by atoms with Crippen LogP contribution in [0.5, 0.6) is 0 Å². The highest BCUT2D eigenvalue weighted by atomic mass is 35.5. The first kappa shape index (κ1) is 14.1. The maximum atomic E-state index is 6.13. The van der Waals surface area contributed by atoms with Crippen LogP contribution in [0, 0.1) is 6.92 Å². The lowest BCUT2D eigenvalue weighted by molar-refractivity contribution is 0.527. The average Bonchev–Trinajstić information content (AvgIpc) is 2.78. The Labute approximate surface area is 119 Å². The fourth-order valence-electron chi connectivity index (χ4n) is 2.30. The number of hydrogen-bond acceptors (Lipinski definition) is 2. The molecule has 0 saturated heterocycles. The van der Waals surface area contributed by atoms with Crippen molar-refractivity contribution in [2.24, 2.45) is 7.05 Å². The van der Waals surface area contributed by atoms with E-state index in [4.69, 9.17) is 11.6 Å². The minimum atomic E-state index is 0.241. The van der Waals surface area contributed by atoms with E-state index in [0.717, 1.165) is 23.8 Å². The zero-order valence-electron chi connectivity index (χ0n) is 11.7. The van der Waals surface area contributed by atoms with Gasteiger partial charge in [0.1, 0.15) is 5.82 Å². The average molecular weight is 278 g/mol. The van der Waals surface area contributed by atoms with Crippen LogP contribution in [0.15, 0.2) is 30.6 Å². The molecule has 2 rings (SSSR count). The van der Waals surface area contributed by atoms with E-state index in [1.807, 2.05) is 31.6 Å². The zero-order chi connectivity index (χ0) is 13.8. The quantitative estimate of drug-likeness (QED) is 0.909. The number of nitrogens with one attached hydrogen (secondary N) is 1. The fourth-order valence-corrected chi connectivity index (χ4v) is 2.48. The van der Waals surface area contributed by atoms with Gasteiger partial charge in [0, 0.05) is 36.9 Å². The lowest BCUT2D eigenvalue weighted by atomic mass is 9.98. The largest absolute Gasteiger partial charge is 0.338 e. The van der Waals surface area contributed by atoms with Gasteiger partial charge in [-0.25, -0.2) is 4.98 Å². The van der Waals surface area contributed by atoms with Gasteiger partial charge in [0.2, 0.25) is 0 Å². The summed E-state index contributed by atoms with van der Waals surface area (Å²) in [6.45, 7) is 5.15. The molecule has 1 atom stereocenters. The Morgan fingerprint density at radius 1 is 1.42 bits per heavy atom. The summed E-state index contributed by atoms with van der Waals surface area (Å²) in [7, 11) is 2.02. The zero-order valence-corrected chi connectivity index (χ0v) is 12.4. The lowest BCUT2D eigenvalue weighted by Crippen LogP contribution is -2.24. The molecule has 19 heavy (non-hydrogen) atoms. The Morgan fingerprint density at radius 3 is 2.84 bits per heavy atom. The molecule has 0 radical (unpaired) electrons. The molecule has 4 heteroatoms. The monoisotopic (exact) mass is 277 g/mol. The second-order valence-electron chi connectivity index (χ2n) is 4.77. The summed E-state index contributed by atoms with van der Waals surface area (Å²) in [5.74, 6) is 1.07. The first-order valence-corrected chi connectivity index (χ1v) is 6.95. The predicted molar refractivity (Wildman–Crippen MR) is 79.5 cm³/mol. The van der Waals surface area contributed by atoms with Crippen molar-refractivity contribution in [3.63, 3.8) is 0 Å². The molecule has 2 aromatic rings. The van der Waals surface area contributed by atoms with Crippen LogP contribution in [-0.4, -0.2) is 16.1 Å². The number of imidazole rings is 1. The topological polar surface area (TPSA) is 29.9 Å². The molecule has 1 unspecified atom stereocenters. The van der Waals surface area contributed by atoms with Crippen LogP contribution in [0.2, 0.25) is 5.02 Å². The predicted octanol–water partition coefficient (Wildman–Crippen LogP) is 3.28. The summed E-state index contributed by atoms with van der Waals surface area (Å²) >= 11 is 6.13. The Balaban J connectivity index is 2.29. The van der Waals surface area contributed by atoms with E-state index in [2.05, 4.69) is 34.8 Å². The second-order valence-corrected chi connectivity index (χ2v) is 5.21. The third-order valence-corrected chi connectivity index (χ3v) is 3.61. The molecule has 0 amide bonds. The SMILES string of the molecule is CCNC(Cc1nccn1C)c1cc(Cl)ccc1C. The Hall–Kier alpha value is -1.32. The summed E-state index contributed by atoms with van der Waals surface area (Å²) < 4.78 is 2.06. The number of rotatable bonds is 5. The molecular formula is C15H20ClN3. The van der Waals surface area contributed by atoms with Gasteiger partial charge in [-0.15, -0.1) is 0 Å². The highest BCUT2D eigenvalue weighted by Gasteiger charge is 2.16. The summed E-state index contributed by atoms with van der Waals surface area (Å²) in [5.41, 5.74) is 2.50. The van der Waals surface area contributed by atoms with Gasteiger partial charge >= 0.3 is 0 Å². The number of halogens is 1. The number of aromatic nitrogens is 2. The van der Waals surface area contributed by atoms with Gasteiger partial charge in [-0.2, -0.15) is 0 Å². The Bertz CT molecular complexity index is 548. The normalized spacial score (nSPS) is 12.6. The number of aryl methyl sites for hydroxylation is 2. The smallest absolute Gasteiger partial charge is 0.110 e. The molecule has 1 aromatic heterocycles. The number of hydrogen-bond donors (Lipinski definition) is 1. The van der Waals surface area contributed by atoms with E-state index in [-0.39, 0.29) is 6.04 Å². The van der Waals surface area contributed by atoms with Gasteiger partial charge in [0.25, 0.3) is 0 Å². The van der Waals surface area contributed by atoms with E-state index < -0.39 is 0 Å². The fraction of sp³-hybridized carbons (Fsp3) is 0.400. The van der Waals surface area contributed by atoms with E-state index in [1.54, 1.807) is 0 Å². The van der Waals surface area contributed by atoms with Crippen molar-refractivity contribution in [3.8, 4) is 0 Å². The maximum Gasteiger partial charge on any atom is 0.110 e. The second kappa shape index (κ2) is 6.22. The van der Waals surface area contributed by atoms with E-state index >= 15 is 0 Å². The van der Waals surface area contributed by atoms with Crippen LogP contribution in [0.3, 0.4) is 0 Å². The molecule has 1 aromatic carbocycles. The van der Waals surface area contributed by atoms with Crippen molar-refractivity contribution in [2.75, 3.05) is 6.54 Å². The van der Waals surface area contributed by atoms with Crippen molar-refractivity contribution < 1.29 is 0 Å². The Kier molecular flexibility index (Phi) is 4.61. The van der Waals surface area contributed by atoms with Gasteiger partial charge in [-0.1, -0.05) is 24.6 Å². The molecular weight excluding hydrogens is 258 g/mol. The van der Waals surface area contributed by atoms with E-state index in [1.165, 1.54) is 11.1 Å². The minimum Gasteiger partial charge on any atom is -0.338 e. The van der Waals surface area contributed by atoms with E-state index in [0.29, 0.717) is 0 Å². The summed E-state index contributed by atoms with van der Waals surface area (Å²) in [6.07, 6.45) is 4.67. The van der Waals surface area contributed by atoms with Crippen molar-refractivity contribution in [1.82, 2.24) is 14.9 Å². The summed E-state index contributed by atoms with van der Waals surface area (Å²) in [4.78, 5) is 4.41. The van der Waals surface area contributed by atoms with Gasteiger partial charge < -0.3 is 9.88 Å². The van der Waals surface area contributed by atoms with Crippen LogP contribution in [0.1, 0.15) is 29.9 Å². The summed E-state index contributed by atoms with van der Waals surface area (Å²) in [6, 6.07) is 6.29. The van der Waals surface area contributed by atoms with Crippen LogP contribution in [0.25, 0.3) is 0 Å². The van der Waals surface area contributed by atoms with Crippen LogP contribution in [-0.2, 0) is 13.5 Å². The van der Waals surface area contributed by atoms with Crippen LogP contribution < -0.4 is 5.32 Å². The summed E-state index contributed by atoms with van der Waals surface area (Å²) in [5, 5.41) is 4.30. The molecule has 0 aliphatic rings. The molecule has 102 valence electrons. The van der Waals surface area contributed by atoms with Crippen LogP contribution >= 0.6 is 11.6 Å². The number of nitrogens with zero attached hydrogens (tertiary/aromatic N) is 2. The van der Waals surface area contributed by atoms with Gasteiger partial charge in [0.15, 0.2) is 0 Å². The molecule has 1 heterocycles. The first-order valence-electron chi connectivity index (χ1n) is 6.57. The molecule has 0 spiro atoms. The molecule has 0 saturated carbocycles. The van der Waals surface area contributed by atoms with Gasteiger partial charge in [0.05, 0.1) is 0 Å². The van der Waals surface area contributed by atoms with Crippen LogP contribution in [0.4, 0.5) is 0 Å². The molecule has 0 aliphatic carbocycles. The molecule has 0 fully saturated rings. The number of likely N-dealkylation sites (N-methyl/N-ethyl adjacent to an activating group) is 1. The van der Waals surface area contributed by atoms with Gasteiger partial charge in [-0.05, 0) is 36.7 Å². The third kappa shape index (κ3) is 3.37. The highest BCUT2D eigenvalue weighted by molar-refractivity contribution is 6.30.